The third-order valence-electron chi connectivity index (χ3n) is 1.61. The Morgan fingerprint density at radius 2 is 2.00 bits per heavy atom. The molecule has 0 N–H and O–H groups in total. The molecule has 0 saturated heterocycles. The van der Waals surface area contributed by atoms with Crippen molar-refractivity contribution in [1.29, 1.82) is 0 Å². The van der Waals surface area contributed by atoms with E-state index in [1.54, 1.807) is 12.4 Å². The number of nitrogens with zero attached hydrogens (tertiary/aromatic N) is 1. The van der Waals surface area contributed by atoms with Gasteiger partial charge in [0.15, 0.2) is 0 Å². The highest BCUT2D eigenvalue weighted by Crippen LogP contribution is 2.20. The first-order chi connectivity index (χ1) is 6.69. The van der Waals surface area contributed by atoms with E-state index in [-0.39, 0.29) is 5.82 Å². The van der Waals surface area contributed by atoms with E-state index in [1.807, 2.05) is 6.07 Å². The summed E-state index contributed by atoms with van der Waals surface area (Å²) in [5.41, 5.74) is 3.16. The highest BCUT2D eigenvalue weighted by molar-refractivity contribution is 7.16. The second kappa shape index (κ2) is 5.05. The number of aryl methyl sites for hydroxylation is 1. The monoisotopic (exact) mass is 211 g/mol. The van der Waals surface area contributed by atoms with Gasteiger partial charge < -0.3 is 0 Å². The summed E-state index contributed by atoms with van der Waals surface area (Å²) in [5, 5.41) is 0. The Morgan fingerprint density at radius 3 is 2.64 bits per heavy atom. The van der Waals surface area contributed by atoms with Crippen LogP contribution < -0.4 is 0 Å². The lowest BCUT2D eigenvalue weighted by Crippen LogP contribution is -1.79. The summed E-state index contributed by atoms with van der Waals surface area (Å²) in [6, 6.07) is 3.30. The van der Waals surface area contributed by atoms with Gasteiger partial charge in [0.1, 0.15) is 5.82 Å². The second-order valence-corrected chi connectivity index (χ2v) is 4.01. The molecule has 1 heterocycles. The summed E-state index contributed by atoms with van der Waals surface area (Å²) in [6.07, 6.45) is 1.25. The molecule has 0 fully saturated rings. The lowest BCUT2D eigenvalue weighted by Gasteiger charge is -1.93. The van der Waals surface area contributed by atoms with E-state index in [1.165, 1.54) is 23.8 Å². The summed E-state index contributed by atoms with van der Waals surface area (Å²) in [7, 11) is 0. The maximum Gasteiger partial charge on any atom is 0.128 e. The van der Waals surface area contributed by atoms with Gasteiger partial charge in [-0.25, -0.2) is 9.37 Å². The van der Waals surface area contributed by atoms with E-state index in [0.29, 0.717) is 5.56 Å². The molecule has 1 nitrogen and oxygen atoms in total. The second-order valence-electron chi connectivity index (χ2n) is 3.13. The number of benzene rings is 1. The molecule has 0 aliphatic rings. The van der Waals surface area contributed by atoms with E-state index >= 15 is 0 Å². The number of rotatable bonds is 0. The largest absolute Gasteiger partial charge is 0.245 e. The zero-order valence-electron chi connectivity index (χ0n) is 8.67. The van der Waals surface area contributed by atoms with Gasteiger partial charge in [0.25, 0.3) is 0 Å². The predicted octanol–water partition coefficient (Wildman–Crippen LogP) is 4.16. The van der Waals surface area contributed by atoms with Crippen LogP contribution in [-0.4, -0.2) is 4.98 Å². The SMILES string of the molecule is CCC.Cc1cc2scnc2cc1F. The molecule has 0 aliphatic heterocycles. The molecule has 1 aromatic heterocycles. The first-order valence-corrected chi connectivity index (χ1v) is 5.56. The van der Waals surface area contributed by atoms with Crippen molar-refractivity contribution in [3.63, 3.8) is 0 Å². The molecule has 0 bridgehead atoms. The molecule has 0 atom stereocenters. The van der Waals surface area contributed by atoms with Gasteiger partial charge in [-0.05, 0) is 18.6 Å². The van der Waals surface area contributed by atoms with E-state index in [9.17, 15) is 4.39 Å². The van der Waals surface area contributed by atoms with Gasteiger partial charge >= 0.3 is 0 Å². The minimum Gasteiger partial charge on any atom is -0.245 e. The van der Waals surface area contributed by atoms with Crippen molar-refractivity contribution in [1.82, 2.24) is 4.98 Å². The van der Waals surface area contributed by atoms with Crippen molar-refractivity contribution in [2.45, 2.75) is 27.2 Å². The number of aromatic nitrogens is 1. The zero-order valence-corrected chi connectivity index (χ0v) is 9.49. The van der Waals surface area contributed by atoms with Crippen molar-refractivity contribution in [2.75, 3.05) is 0 Å². The summed E-state index contributed by atoms with van der Waals surface area (Å²) < 4.78 is 13.9. The van der Waals surface area contributed by atoms with Gasteiger partial charge in [0.05, 0.1) is 15.7 Å². The molecule has 14 heavy (non-hydrogen) atoms. The fourth-order valence-corrected chi connectivity index (χ4v) is 1.74. The van der Waals surface area contributed by atoms with Gasteiger partial charge in [-0.2, -0.15) is 0 Å². The van der Waals surface area contributed by atoms with Crippen LogP contribution in [0.5, 0.6) is 0 Å². The average Bonchev–Trinajstić information content (AvgIpc) is 2.54. The van der Waals surface area contributed by atoms with E-state index in [0.717, 1.165) is 10.2 Å². The van der Waals surface area contributed by atoms with Crippen LogP contribution in [0, 0.1) is 12.7 Å². The summed E-state index contributed by atoms with van der Waals surface area (Å²) >= 11 is 1.53. The van der Waals surface area contributed by atoms with Gasteiger partial charge in [-0.3, -0.25) is 0 Å². The quantitative estimate of drug-likeness (QED) is 0.637. The van der Waals surface area contributed by atoms with Crippen LogP contribution in [0.2, 0.25) is 0 Å². The molecule has 76 valence electrons. The number of thiazole rings is 1. The van der Waals surface area contributed by atoms with Crippen molar-refractivity contribution >= 4 is 21.6 Å². The van der Waals surface area contributed by atoms with E-state index in [4.69, 9.17) is 0 Å². The Hall–Kier alpha value is -0.960. The van der Waals surface area contributed by atoms with Crippen LogP contribution in [0.25, 0.3) is 10.2 Å². The Kier molecular flexibility index (Phi) is 4.01. The molecule has 1 aromatic carbocycles. The number of fused-ring (bicyclic) bond motifs is 1. The molecule has 0 amide bonds. The molecule has 3 heteroatoms. The van der Waals surface area contributed by atoms with Gasteiger partial charge in [-0.1, -0.05) is 20.3 Å². The van der Waals surface area contributed by atoms with E-state index < -0.39 is 0 Å². The molecule has 0 unspecified atom stereocenters. The van der Waals surface area contributed by atoms with E-state index in [2.05, 4.69) is 18.8 Å². The highest BCUT2D eigenvalue weighted by Gasteiger charge is 2.01. The minimum absolute atomic E-state index is 0.177. The Bertz CT molecular complexity index is 373. The van der Waals surface area contributed by atoms with Crippen LogP contribution in [0.1, 0.15) is 25.8 Å². The van der Waals surface area contributed by atoms with Crippen LogP contribution in [0.4, 0.5) is 4.39 Å². The van der Waals surface area contributed by atoms with Crippen LogP contribution >= 0.6 is 11.3 Å². The standard InChI is InChI=1S/C8H6FNS.C3H8/c1-5-2-8-7(3-6(5)9)10-4-11-8;1-3-2/h2-4H,1H3;3H2,1-2H3. The molecule has 0 aliphatic carbocycles. The zero-order chi connectivity index (χ0) is 10.6. The molecule has 0 radical (unpaired) electrons. The van der Waals surface area contributed by atoms with Gasteiger partial charge in [-0.15, -0.1) is 11.3 Å². The number of hydrogen-bond donors (Lipinski definition) is 0. The Balaban J connectivity index is 0.000000293. The number of hydrogen-bond acceptors (Lipinski definition) is 2. The lowest BCUT2D eigenvalue weighted by atomic mass is 10.2. The third kappa shape index (κ3) is 2.51. The van der Waals surface area contributed by atoms with Gasteiger partial charge in [0, 0.05) is 6.07 Å². The molecule has 0 saturated carbocycles. The van der Waals surface area contributed by atoms with Crippen LogP contribution in [0.3, 0.4) is 0 Å². The summed E-state index contributed by atoms with van der Waals surface area (Å²) in [4.78, 5) is 4.00. The van der Waals surface area contributed by atoms with Gasteiger partial charge in [0.2, 0.25) is 0 Å². The lowest BCUT2D eigenvalue weighted by molar-refractivity contribution is 0.620. The fourth-order valence-electron chi connectivity index (χ4n) is 0.980. The first kappa shape index (κ1) is 11.1. The third-order valence-corrected chi connectivity index (χ3v) is 2.40. The maximum atomic E-state index is 12.9. The average molecular weight is 211 g/mol. The highest BCUT2D eigenvalue weighted by atomic mass is 32.1. The number of halogens is 1. The van der Waals surface area contributed by atoms with Crippen molar-refractivity contribution < 1.29 is 4.39 Å². The Labute approximate surface area is 87.6 Å². The molecular formula is C11H14FNS. The molecule has 2 rings (SSSR count). The van der Waals surface area contributed by atoms with Crippen molar-refractivity contribution in [2.24, 2.45) is 0 Å². The normalized spacial score (nSPS) is 9.71. The smallest absolute Gasteiger partial charge is 0.128 e. The topological polar surface area (TPSA) is 12.9 Å². The molecule has 2 aromatic rings. The van der Waals surface area contributed by atoms with Crippen LogP contribution in [-0.2, 0) is 0 Å². The summed E-state index contributed by atoms with van der Waals surface area (Å²) in [6.45, 7) is 6.01. The predicted molar refractivity (Wildman–Crippen MR) is 60.3 cm³/mol. The Morgan fingerprint density at radius 1 is 1.36 bits per heavy atom. The molecular weight excluding hydrogens is 197 g/mol. The van der Waals surface area contributed by atoms with Crippen molar-refractivity contribution in [3.05, 3.63) is 29.0 Å². The maximum absolute atomic E-state index is 12.9. The first-order valence-electron chi connectivity index (χ1n) is 4.68. The fraction of sp³-hybridized carbons (Fsp3) is 0.364. The minimum atomic E-state index is -0.177. The summed E-state index contributed by atoms with van der Waals surface area (Å²) in [5.74, 6) is -0.177. The van der Waals surface area contributed by atoms with Crippen molar-refractivity contribution in [3.8, 4) is 0 Å². The van der Waals surface area contributed by atoms with Crippen LogP contribution in [0.15, 0.2) is 17.6 Å². The molecule has 0 spiro atoms.